The molecule has 0 bridgehead atoms. The summed E-state index contributed by atoms with van der Waals surface area (Å²) in [6.07, 6.45) is 7.79. The number of carbonyl (C=O) groups is 1. The standard InChI is InChI=1S/C18H22O2/c1-2-16-18(14-10-6-7-11-17(14)20-16)15(19)12-13-8-4-3-5-9-13/h6-7,10-11,13H,2-5,8-9,12H2,1H3. The molecule has 2 heteroatoms. The van der Waals surface area contributed by atoms with Crippen molar-refractivity contribution in [3.05, 3.63) is 35.6 Å². The van der Waals surface area contributed by atoms with Crippen LogP contribution in [-0.2, 0) is 6.42 Å². The van der Waals surface area contributed by atoms with Crippen LogP contribution in [0.15, 0.2) is 28.7 Å². The van der Waals surface area contributed by atoms with E-state index >= 15 is 0 Å². The predicted octanol–water partition coefficient (Wildman–Crippen LogP) is 5.15. The summed E-state index contributed by atoms with van der Waals surface area (Å²) in [5.41, 5.74) is 1.69. The highest BCUT2D eigenvalue weighted by Gasteiger charge is 2.23. The van der Waals surface area contributed by atoms with Crippen molar-refractivity contribution in [2.45, 2.75) is 51.9 Å². The Hall–Kier alpha value is -1.57. The van der Waals surface area contributed by atoms with Gasteiger partial charge in [-0.1, -0.05) is 57.2 Å². The molecule has 1 aliphatic rings. The van der Waals surface area contributed by atoms with Gasteiger partial charge in [-0.2, -0.15) is 0 Å². The first-order chi connectivity index (χ1) is 9.79. The van der Waals surface area contributed by atoms with Gasteiger partial charge in [-0.05, 0) is 12.0 Å². The largest absolute Gasteiger partial charge is 0.460 e. The van der Waals surface area contributed by atoms with Crippen LogP contribution in [0.1, 0.15) is 61.6 Å². The molecule has 0 aliphatic heterocycles. The molecule has 2 nitrogen and oxygen atoms in total. The summed E-state index contributed by atoms with van der Waals surface area (Å²) >= 11 is 0. The van der Waals surface area contributed by atoms with Crippen molar-refractivity contribution in [3.63, 3.8) is 0 Å². The lowest BCUT2D eigenvalue weighted by Gasteiger charge is -2.20. The van der Waals surface area contributed by atoms with E-state index in [1.54, 1.807) is 0 Å². The van der Waals surface area contributed by atoms with Crippen molar-refractivity contribution >= 4 is 16.8 Å². The number of ketones is 1. The lowest BCUT2D eigenvalue weighted by molar-refractivity contribution is 0.0950. The smallest absolute Gasteiger partial charge is 0.167 e. The second-order valence-electron chi connectivity index (χ2n) is 5.88. The van der Waals surface area contributed by atoms with Gasteiger partial charge < -0.3 is 4.42 Å². The molecule has 0 unspecified atom stereocenters. The van der Waals surface area contributed by atoms with Crippen LogP contribution in [0.5, 0.6) is 0 Å². The van der Waals surface area contributed by atoms with E-state index in [4.69, 9.17) is 4.42 Å². The number of aryl methyl sites for hydroxylation is 1. The molecule has 1 saturated carbocycles. The van der Waals surface area contributed by atoms with Crippen LogP contribution in [0.3, 0.4) is 0 Å². The predicted molar refractivity (Wildman–Crippen MR) is 81.1 cm³/mol. The van der Waals surface area contributed by atoms with Gasteiger partial charge in [-0.25, -0.2) is 0 Å². The highest BCUT2D eigenvalue weighted by atomic mass is 16.3. The molecule has 2 aromatic rings. The number of rotatable bonds is 4. The van der Waals surface area contributed by atoms with E-state index in [1.807, 2.05) is 24.3 Å². The van der Waals surface area contributed by atoms with Gasteiger partial charge in [0.2, 0.25) is 0 Å². The van der Waals surface area contributed by atoms with Gasteiger partial charge in [-0.15, -0.1) is 0 Å². The Morgan fingerprint density at radius 2 is 1.95 bits per heavy atom. The minimum absolute atomic E-state index is 0.277. The second kappa shape index (κ2) is 5.82. The number of carbonyl (C=O) groups excluding carboxylic acids is 1. The van der Waals surface area contributed by atoms with Crippen molar-refractivity contribution < 1.29 is 9.21 Å². The molecule has 3 rings (SSSR count). The fraction of sp³-hybridized carbons (Fsp3) is 0.500. The fourth-order valence-electron chi connectivity index (χ4n) is 3.41. The van der Waals surface area contributed by atoms with Crippen LogP contribution in [0.4, 0.5) is 0 Å². The molecule has 1 fully saturated rings. The summed E-state index contributed by atoms with van der Waals surface area (Å²) in [6, 6.07) is 7.90. The zero-order valence-electron chi connectivity index (χ0n) is 12.2. The monoisotopic (exact) mass is 270 g/mol. The molecule has 0 saturated heterocycles. The molecule has 1 aromatic heterocycles. The van der Waals surface area contributed by atoms with Crippen LogP contribution in [0, 0.1) is 5.92 Å². The molecule has 1 aromatic carbocycles. The maximum absolute atomic E-state index is 12.7. The molecule has 1 heterocycles. The topological polar surface area (TPSA) is 30.2 Å². The normalized spacial score (nSPS) is 16.6. The average molecular weight is 270 g/mol. The Bertz CT molecular complexity index is 603. The van der Waals surface area contributed by atoms with E-state index in [2.05, 4.69) is 6.92 Å². The Kier molecular flexibility index (Phi) is 3.90. The van der Waals surface area contributed by atoms with E-state index in [9.17, 15) is 4.79 Å². The van der Waals surface area contributed by atoms with Crippen LogP contribution >= 0.6 is 0 Å². The van der Waals surface area contributed by atoms with Gasteiger partial charge in [0.25, 0.3) is 0 Å². The third kappa shape index (κ3) is 2.52. The number of furan rings is 1. The van der Waals surface area contributed by atoms with E-state index in [1.165, 1.54) is 32.1 Å². The summed E-state index contributed by atoms with van der Waals surface area (Å²) in [6.45, 7) is 2.05. The van der Waals surface area contributed by atoms with E-state index < -0.39 is 0 Å². The minimum atomic E-state index is 0.277. The first-order valence-electron chi connectivity index (χ1n) is 7.83. The fourth-order valence-corrected chi connectivity index (χ4v) is 3.41. The SMILES string of the molecule is CCc1oc2ccccc2c1C(=O)CC1CCCCC1. The Balaban J connectivity index is 1.89. The molecule has 20 heavy (non-hydrogen) atoms. The summed E-state index contributed by atoms with van der Waals surface area (Å²) in [7, 11) is 0. The minimum Gasteiger partial charge on any atom is -0.460 e. The number of benzene rings is 1. The van der Waals surface area contributed by atoms with Crippen molar-refractivity contribution in [2.24, 2.45) is 5.92 Å². The highest BCUT2D eigenvalue weighted by Crippen LogP contribution is 2.32. The zero-order valence-corrected chi connectivity index (χ0v) is 12.2. The summed E-state index contributed by atoms with van der Waals surface area (Å²) in [5.74, 6) is 1.71. The molecule has 0 spiro atoms. The Labute approximate surface area is 120 Å². The third-order valence-corrected chi connectivity index (χ3v) is 4.47. The molecule has 0 amide bonds. The number of hydrogen-bond donors (Lipinski definition) is 0. The third-order valence-electron chi connectivity index (χ3n) is 4.47. The van der Waals surface area contributed by atoms with Gasteiger partial charge in [0.1, 0.15) is 11.3 Å². The average Bonchev–Trinajstić information content (AvgIpc) is 2.86. The maximum Gasteiger partial charge on any atom is 0.167 e. The summed E-state index contributed by atoms with van der Waals surface area (Å²) < 4.78 is 5.84. The number of hydrogen-bond acceptors (Lipinski definition) is 2. The summed E-state index contributed by atoms with van der Waals surface area (Å²) in [5, 5.41) is 0.991. The molecular weight excluding hydrogens is 248 g/mol. The van der Waals surface area contributed by atoms with Crippen LogP contribution in [0.2, 0.25) is 0 Å². The first kappa shape index (κ1) is 13.4. The number of fused-ring (bicyclic) bond motifs is 1. The van der Waals surface area contributed by atoms with Gasteiger partial charge >= 0.3 is 0 Å². The van der Waals surface area contributed by atoms with E-state index in [-0.39, 0.29) is 5.78 Å². The molecule has 0 radical (unpaired) electrons. The zero-order chi connectivity index (χ0) is 13.9. The lowest BCUT2D eigenvalue weighted by Crippen LogP contribution is -2.13. The Morgan fingerprint density at radius 3 is 2.70 bits per heavy atom. The lowest BCUT2D eigenvalue weighted by atomic mass is 9.84. The van der Waals surface area contributed by atoms with Crippen molar-refractivity contribution in [2.75, 3.05) is 0 Å². The van der Waals surface area contributed by atoms with E-state index in [0.717, 1.165) is 28.7 Å². The number of para-hydroxylation sites is 1. The highest BCUT2D eigenvalue weighted by molar-refractivity contribution is 6.08. The van der Waals surface area contributed by atoms with Crippen LogP contribution in [0.25, 0.3) is 11.0 Å². The van der Waals surface area contributed by atoms with Gasteiger partial charge in [-0.3, -0.25) is 4.79 Å². The summed E-state index contributed by atoms with van der Waals surface area (Å²) in [4.78, 5) is 12.7. The molecule has 106 valence electrons. The number of Topliss-reactive ketones (excluding diaryl/α,β-unsaturated/α-hetero) is 1. The van der Waals surface area contributed by atoms with Crippen LogP contribution in [-0.4, -0.2) is 5.78 Å². The molecule has 0 N–H and O–H groups in total. The second-order valence-corrected chi connectivity index (χ2v) is 5.88. The maximum atomic E-state index is 12.7. The first-order valence-corrected chi connectivity index (χ1v) is 7.83. The van der Waals surface area contributed by atoms with E-state index in [0.29, 0.717) is 12.3 Å². The molecular formula is C18H22O2. The molecule has 1 aliphatic carbocycles. The van der Waals surface area contributed by atoms with Crippen LogP contribution < -0.4 is 0 Å². The van der Waals surface area contributed by atoms with Gasteiger partial charge in [0.05, 0.1) is 5.56 Å². The Morgan fingerprint density at radius 1 is 1.20 bits per heavy atom. The van der Waals surface area contributed by atoms with Crippen molar-refractivity contribution in [3.8, 4) is 0 Å². The quantitative estimate of drug-likeness (QED) is 0.719. The van der Waals surface area contributed by atoms with Gasteiger partial charge in [0.15, 0.2) is 5.78 Å². The van der Waals surface area contributed by atoms with Crippen molar-refractivity contribution in [1.82, 2.24) is 0 Å². The molecule has 0 atom stereocenters. The van der Waals surface area contributed by atoms with Gasteiger partial charge in [0, 0.05) is 18.2 Å². The van der Waals surface area contributed by atoms with Crippen molar-refractivity contribution in [1.29, 1.82) is 0 Å².